The van der Waals surface area contributed by atoms with Crippen LogP contribution in [0.3, 0.4) is 0 Å². The van der Waals surface area contributed by atoms with Gasteiger partial charge in [-0.25, -0.2) is 0 Å². The molecule has 0 saturated carbocycles. The molecule has 0 aliphatic carbocycles. The molecule has 0 spiro atoms. The van der Waals surface area contributed by atoms with Crippen molar-refractivity contribution < 1.29 is 0 Å². The summed E-state index contributed by atoms with van der Waals surface area (Å²) in [5, 5.41) is 12.1. The molecule has 0 fully saturated rings. The van der Waals surface area contributed by atoms with Crippen molar-refractivity contribution in [1.29, 1.82) is 5.26 Å². The minimum atomic E-state index is 0.492. The standard InChI is InChI=1S/C16H17N3/c1-11(2)12-3-6-14(7-4-12)19-15-8-5-13(10-17)16(18)9-15/h3-9,11,19H,18H2,1-2H3. The van der Waals surface area contributed by atoms with E-state index < -0.39 is 0 Å². The lowest BCUT2D eigenvalue weighted by Crippen LogP contribution is -1.95. The molecule has 2 aromatic carbocycles. The number of nitrogen functional groups attached to an aromatic ring is 1. The third kappa shape index (κ3) is 3.05. The first kappa shape index (κ1) is 13.0. The number of rotatable bonds is 3. The topological polar surface area (TPSA) is 61.8 Å². The van der Waals surface area contributed by atoms with Crippen LogP contribution in [0.2, 0.25) is 0 Å². The minimum absolute atomic E-state index is 0.492. The van der Waals surface area contributed by atoms with E-state index in [1.165, 1.54) is 5.56 Å². The Labute approximate surface area is 113 Å². The summed E-state index contributed by atoms with van der Waals surface area (Å²) >= 11 is 0. The van der Waals surface area contributed by atoms with Crippen LogP contribution in [0.4, 0.5) is 17.1 Å². The van der Waals surface area contributed by atoms with Gasteiger partial charge in [0.1, 0.15) is 6.07 Å². The molecule has 0 aliphatic rings. The lowest BCUT2D eigenvalue weighted by atomic mass is 10.0. The summed E-state index contributed by atoms with van der Waals surface area (Å²) in [6.07, 6.45) is 0. The van der Waals surface area contributed by atoms with Gasteiger partial charge in [-0.05, 0) is 41.8 Å². The lowest BCUT2D eigenvalue weighted by Gasteiger charge is -2.10. The molecule has 0 bridgehead atoms. The van der Waals surface area contributed by atoms with E-state index in [0.29, 0.717) is 17.2 Å². The fraction of sp³-hybridized carbons (Fsp3) is 0.188. The molecule has 2 rings (SSSR count). The largest absolute Gasteiger partial charge is 0.398 e. The van der Waals surface area contributed by atoms with Crippen molar-refractivity contribution in [3.8, 4) is 6.07 Å². The second-order valence-electron chi connectivity index (χ2n) is 4.82. The first-order valence-corrected chi connectivity index (χ1v) is 6.27. The fourth-order valence-electron chi connectivity index (χ4n) is 1.86. The SMILES string of the molecule is CC(C)c1ccc(Nc2ccc(C#N)c(N)c2)cc1. The maximum atomic E-state index is 8.83. The molecule has 0 aliphatic heterocycles. The molecule has 0 unspecified atom stereocenters. The first-order valence-electron chi connectivity index (χ1n) is 6.27. The van der Waals surface area contributed by atoms with Crippen molar-refractivity contribution in [3.05, 3.63) is 53.6 Å². The van der Waals surface area contributed by atoms with Gasteiger partial charge in [0.2, 0.25) is 0 Å². The van der Waals surface area contributed by atoms with Crippen molar-refractivity contribution in [2.24, 2.45) is 0 Å². The van der Waals surface area contributed by atoms with E-state index >= 15 is 0 Å². The quantitative estimate of drug-likeness (QED) is 0.810. The molecule has 0 saturated heterocycles. The highest BCUT2D eigenvalue weighted by Gasteiger charge is 2.02. The van der Waals surface area contributed by atoms with Crippen LogP contribution in [0.15, 0.2) is 42.5 Å². The Kier molecular flexibility index (Phi) is 3.72. The molecule has 96 valence electrons. The monoisotopic (exact) mass is 251 g/mol. The number of hydrogen-bond acceptors (Lipinski definition) is 3. The van der Waals surface area contributed by atoms with Gasteiger partial charge >= 0.3 is 0 Å². The maximum Gasteiger partial charge on any atom is 0.101 e. The Hall–Kier alpha value is -2.47. The Morgan fingerprint density at radius 3 is 2.21 bits per heavy atom. The van der Waals surface area contributed by atoms with Crippen molar-refractivity contribution in [1.82, 2.24) is 0 Å². The summed E-state index contributed by atoms with van der Waals surface area (Å²) in [5.74, 6) is 0.527. The number of nitrogens with two attached hydrogens (primary N) is 1. The Morgan fingerprint density at radius 2 is 1.68 bits per heavy atom. The van der Waals surface area contributed by atoms with Gasteiger partial charge < -0.3 is 11.1 Å². The van der Waals surface area contributed by atoms with Crippen LogP contribution in [-0.2, 0) is 0 Å². The van der Waals surface area contributed by atoms with E-state index in [0.717, 1.165) is 11.4 Å². The van der Waals surface area contributed by atoms with Crippen LogP contribution < -0.4 is 11.1 Å². The molecule has 3 N–H and O–H groups in total. The van der Waals surface area contributed by atoms with Crippen LogP contribution in [0.1, 0.15) is 30.9 Å². The second-order valence-corrected chi connectivity index (χ2v) is 4.82. The van der Waals surface area contributed by atoms with Gasteiger partial charge in [0.25, 0.3) is 0 Å². The van der Waals surface area contributed by atoms with Crippen LogP contribution in [0, 0.1) is 11.3 Å². The Bertz CT molecular complexity index is 607. The summed E-state index contributed by atoms with van der Waals surface area (Å²) < 4.78 is 0. The molecule has 0 atom stereocenters. The molecule has 2 aromatic rings. The zero-order chi connectivity index (χ0) is 13.8. The fourth-order valence-corrected chi connectivity index (χ4v) is 1.86. The van der Waals surface area contributed by atoms with Crippen molar-refractivity contribution in [2.45, 2.75) is 19.8 Å². The molecule has 0 radical (unpaired) electrons. The van der Waals surface area contributed by atoms with E-state index in [4.69, 9.17) is 11.0 Å². The van der Waals surface area contributed by atoms with E-state index in [9.17, 15) is 0 Å². The molecule has 19 heavy (non-hydrogen) atoms. The first-order chi connectivity index (χ1) is 9.10. The number of hydrogen-bond donors (Lipinski definition) is 2. The van der Waals surface area contributed by atoms with Crippen LogP contribution in [-0.4, -0.2) is 0 Å². The summed E-state index contributed by atoms with van der Waals surface area (Å²) in [6, 6.07) is 15.7. The van der Waals surface area contributed by atoms with E-state index in [-0.39, 0.29) is 0 Å². The number of nitrogens with one attached hydrogen (secondary N) is 1. The smallest absolute Gasteiger partial charge is 0.101 e. The third-order valence-corrected chi connectivity index (χ3v) is 3.04. The molecular formula is C16H17N3. The molecule has 0 aromatic heterocycles. The van der Waals surface area contributed by atoms with E-state index in [1.54, 1.807) is 12.1 Å². The van der Waals surface area contributed by atoms with Crippen molar-refractivity contribution in [3.63, 3.8) is 0 Å². The predicted octanol–water partition coefficient (Wildman–Crippen LogP) is 4.01. The Morgan fingerprint density at radius 1 is 1.05 bits per heavy atom. The number of anilines is 3. The van der Waals surface area contributed by atoms with Crippen molar-refractivity contribution >= 4 is 17.1 Å². The van der Waals surface area contributed by atoms with Crippen LogP contribution in [0.25, 0.3) is 0 Å². The van der Waals surface area contributed by atoms with Gasteiger partial charge in [0.15, 0.2) is 0 Å². The second kappa shape index (κ2) is 5.45. The van der Waals surface area contributed by atoms with Crippen molar-refractivity contribution in [2.75, 3.05) is 11.1 Å². The number of benzene rings is 2. The molecule has 0 heterocycles. The average Bonchev–Trinajstić information content (AvgIpc) is 2.39. The summed E-state index contributed by atoms with van der Waals surface area (Å²) in [6.45, 7) is 4.34. The molecule has 0 amide bonds. The lowest BCUT2D eigenvalue weighted by molar-refractivity contribution is 0.867. The van der Waals surface area contributed by atoms with Gasteiger partial charge in [-0.3, -0.25) is 0 Å². The summed E-state index contributed by atoms with van der Waals surface area (Å²) in [4.78, 5) is 0. The van der Waals surface area contributed by atoms with Crippen LogP contribution in [0.5, 0.6) is 0 Å². The molecule has 3 nitrogen and oxygen atoms in total. The summed E-state index contributed by atoms with van der Waals surface area (Å²) in [7, 11) is 0. The number of nitrogens with zero attached hydrogens (tertiary/aromatic N) is 1. The van der Waals surface area contributed by atoms with Gasteiger partial charge in [-0.1, -0.05) is 26.0 Å². The van der Waals surface area contributed by atoms with Gasteiger partial charge in [-0.2, -0.15) is 5.26 Å². The van der Waals surface area contributed by atoms with E-state index in [2.05, 4.69) is 37.4 Å². The summed E-state index contributed by atoms with van der Waals surface area (Å²) in [5.41, 5.74) is 9.98. The highest BCUT2D eigenvalue weighted by Crippen LogP contribution is 2.23. The van der Waals surface area contributed by atoms with Gasteiger partial charge in [0.05, 0.1) is 11.3 Å². The van der Waals surface area contributed by atoms with Gasteiger partial charge in [-0.15, -0.1) is 0 Å². The third-order valence-electron chi connectivity index (χ3n) is 3.04. The minimum Gasteiger partial charge on any atom is -0.398 e. The normalized spacial score (nSPS) is 10.2. The zero-order valence-corrected chi connectivity index (χ0v) is 11.1. The highest BCUT2D eigenvalue weighted by molar-refractivity contribution is 5.67. The highest BCUT2D eigenvalue weighted by atomic mass is 14.9. The predicted molar refractivity (Wildman–Crippen MR) is 79.4 cm³/mol. The van der Waals surface area contributed by atoms with E-state index in [1.807, 2.05) is 18.2 Å². The molecular weight excluding hydrogens is 234 g/mol. The van der Waals surface area contributed by atoms with Gasteiger partial charge in [0, 0.05) is 11.4 Å². The zero-order valence-electron chi connectivity index (χ0n) is 11.1. The average molecular weight is 251 g/mol. The number of nitriles is 1. The van der Waals surface area contributed by atoms with Crippen LogP contribution >= 0.6 is 0 Å². The Balaban J connectivity index is 2.17. The maximum absolute atomic E-state index is 8.83. The molecule has 3 heteroatoms.